The third kappa shape index (κ3) is 1.85. The van der Waals surface area contributed by atoms with Crippen LogP contribution in [0.25, 0.3) is 0 Å². The molecule has 0 bridgehead atoms. The van der Waals surface area contributed by atoms with Crippen molar-refractivity contribution >= 4 is 17.4 Å². The number of rotatable bonds is 2. The molecular weight excluding hydrogens is 186 g/mol. The summed E-state index contributed by atoms with van der Waals surface area (Å²) in [6.45, 7) is 0. The predicted molar refractivity (Wildman–Crippen MR) is 55.6 cm³/mol. The van der Waals surface area contributed by atoms with E-state index in [1.165, 1.54) is 16.3 Å². The van der Waals surface area contributed by atoms with Crippen LogP contribution in [0.15, 0.2) is 16.1 Å². The molecule has 1 aromatic heterocycles. The molecule has 0 N–H and O–H groups in total. The summed E-state index contributed by atoms with van der Waals surface area (Å²) in [5, 5.41) is 0.771. The van der Waals surface area contributed by atoms with Crippen molar-refractivity contribution < 1.29 is 0 Å². The van der Waals surface area contributed by atoms with Gasteiger partial charge in [-0.3, -0.25) is 4.79 Å². The summed E-state index contributed by atoms with van der Waals surface area (Å²) in [7, 11) is 5.39. The van der Waals surface area contributed by atoms with Crippen molar-refractivity contribution in [2.75, 3.05) is 25.3 Å². The molecule has 0 atom stereocenters. The summed E-state index contributed by atoms with van der Waals surface area (Å²) < 4.78 is 1.48. The van der Waals surface area contributed by atoms with E-state index in [0.717, 1.165) is 5.03 Å². The second kappa shape index (κ2) is 3.83. The average Bonchev–Trinajstić information content (AvgIpc) is 2.08. The molecule has 0 saturated heterocycles. The molecule has 1 rings (SSSR count). The van der Waals surface area contributed by atoms with Crippen LogP contribution >= 0.6 is 11.8 Å². The lowest BCUT2D eigenvalue weighted by Gasteiger charge is -2.14. The zero-order valence-electron chi connectivity index (χ0n) is 8.24. The Morgan fingerprint density at radius 2 is 2.15 bits per heavy atom. The standard InChI is InChI=1S/C8H13N3OS/c1-10(2)6-7(13-4)9-5-11(3)8(6)12/h5H,1-4H3. The Labute approximate surface area is 81.6 Å². The highest BCUT2D eigenvalue weighted by atomic mass is 32.2. The third-order valence-electron chi connectivity index (χ3n) is 1.71. The second-order valence-corrected chi connectivity index (χ2v) is 3.71. The van der Waals surface area contributed by atoms with Gasteiger partial charge in [-0.2, -0.15) is 0 Å². The van der Waals surface area contributed by atoms with E-state index in [1.54, 1.807) is 18.3 Å². The molecule has 0 saturated carbocycles. The summed E-state index contributed by atoms with van der Waals surface area (Å²) in [6.07, 6.45) is 3.45. The van der Waals surface area contributed by atoms with Crippen LogP contribution in [0.1, 0.15) is 0 Å². The van der Waals surface area contributed by atoms with Gasteiger partial charge < -0.3 is 9.47 Å². The van der Waals surface area contributed by atoms with Crippen LogP contribution in [0, 0.1) is 0 Å². The highest BCUT2D eigenvalue weighted by molar-refractivity contribution is 7.98. The molecule has 0 radical (unpaired) electrons. The molecule has 0 spiro atoms. The van der Waals surface area contributed by atoms with Gasteiger partial charge in [-0.1, -0.05) is 0 Å². The van der Waals surface area contributed by atoms with Gasteiger partial charge in [-0.15, -0.1) is 11.8 Å². The summed E-state index contributed by atoms with van der Waals surface area (Å²) in [6, 6.07) is 0. The number of hydrogen-bond donors (Lipinski definition) is 0. The molecule has 13 heavy (non-hydrogen) atoms. The van der Waals surface area contributed by atoms with Crippen molar-refractivity contribution in [2.24, 2.45) is 7.05 Å². The zero-order valence-corrected chi connectivity index (χ0v) is 9.05. The van der Waals surface area contributed by atoms with Crippen LogP contribution in [0.3, 0.4) is 0 Å². The lowest BCUT2D eigenvalue weighted by atomic mass is 10.5. The second-order valence-electron chi connectivity index (χ2n) is 2.91. The van der Waals surface area contributed by atoms with Gasteiger partial charge in [0, 0.05) is 21.1 Å². The first kappa shape index (κ1) is 10.1. The maximum absolute atomic E-state index is 11.7. The minimum atomic E-state index is -0.00986. The first-order valence-electron chi connectivity index (χ1n) is 3.85. The summed E-state index contributed by atoms with van der Waals surface area (Å²) in [4.78, 5) is 17.6. The molecule has 0 aromatic carbocycles. The fourth-order valence-electron chi connectivity index (χ4n) is 1.04. The molecule has 72 valence electrons. The van der Waals surface area contributed by atoms with Crippen molar-refractivity contribution in [3.63, 3.8) is 0 Å². The summed E-state index contributed by atoms with van der Waals surface area (Å²) in [5.74, 6) is 0. The molecule has 0 aliphatic carbocycles. The third-order valence-corrected chi connectivity index (χ3v) is 2.40. The number of aryl methyl sites for hydroxylation is 1. The minimum Gasteiger partial charge on any atom is -0.371 e. The van der Waals surface area contributed by atoms with Crippen LogP contribution in [0.2, 0.25) is 0 Å². The molecule has 1 aromatic rings. The van der Waals surface area contributed by atoms with E-state index in [-0.39, 0.29) is 5.56 Å². The van der Waals surface area contributed by atoms with Crippen LogP contribution < -0.4 is 10.5 Å². The molecule has 0 aliphatic heterocycles. The smallest absolute Gasteiger partial charge is 0.277 e. The quantitative estimate of drug-likeness (QED) is 0.515. The van der Waals surface area contributed by atoms with Gasteiger partial charge >= 0.3 is 0 Å². The Morgan fingerprint density at radius 3 is 2.62 bits per heavy atom. The van der Waals surface area contributed by atoms with Crippen LogP contribution in [0.5, 0.6) is 0 Å². The highest BCUT2D eigenvalue weighted by Gasteiger charge is 2.10. The van der Waals surface area contributed by atoms with Crippen LogP contribution in [-0.4, -0.2) is 29.9 Å². The van der Waals surface area contributed by atoms with Gasteiger partial charge in [-0.05, 0) is 6.26 Å². The van der Waals surface area contributed by atoms with Crippen molar-refractivity contribution in [3.05, 3.63) is 16.7 Å². The van der Waals surface area contributed by atoms with E-state index in [1.807, 2.05) is 20.4 Å². The molecule has 1 heterocycles. The van der Waals surface area contributed by atoms with E-state index in [2.05, 4.69) is 4.98 Å². The summed E-state index contributed by atoms with van der Waals surface area (Å²) in [5.41, 5.74) is 0.641. The van der Waals surface area contributed by atoms with Gasteiger partial charge in [0.05, 0.1) is 6.33 Å². The number of nitrogens with zero attached hydrogens (tertiary/aromatic N) is 3. The van der Waals surface area contributed by atoms with Crippen molar-refractivity contribution in [2.45, 2.75) is 5.03 Å². The van der Waals surface area contributed by atoms with Crippen molar-refractivity contribution in [1.82, 2.24) is 9.55 Å². The van der Waals surface area contributed by atoms with E-state index in [0.29, 0.717) is 5.69 Å². The Morgan fingerprint density at radius 1 is 1.54 bits per heavy atom. The van der Waals surface area contributed by atoms with Gasteiger partial charge in [0.2, 0.25) is 0 Å². The number of hydrogen-bond acceptors (Lipinski definition) is 4. The molecule has 0 aliphatic rings. The maximum atomic E-state index is 11.7. The predicted octanol–water partition coefficient (Wildman–Crippen LogP) is 0.568. The molecule has 5 heteroatoms. The Bertz CT molecular complexity index is 359. The highest BCUT2D eigenvalue weighted by Crippen LogP contribution is 2.19. The van der Waals surface area contributed by atoms with Crippen molar-refractivity contribution in [3.8, 4) is 0 Å². The van der Waals surface area contributed by atoms with Gasteiger partial charge in [0.15, 0.2) is 0 Å². The molecule has 0 unspecified atom stereocenters. The van der Waals surface area contributed by atoms with Gasteiger partial charge in [-0.25, -0.2) is 4.98 Å². The normalized spacial score (nSPS) is 10.2. The van der Waals surface area contributed by atoms with E-state index in [9.17, 15) is 4.79 Å². The lowest BCUT2D eigenvalue weighted by Crippen LogP contribution is -2.26. The molecular formula is C8H13N3OS. The molecule has 0 amide bonds. The summed E-state index contributed by atoms with van der Waals surface area (Å²) >= 11 is 1.48. The maximum Gasteiger partial charge on any atom is 0.277 e. The van der Waals surface area contributed by atoms with Crippen LogP contribution in [0.4, 0.5) is 5.69 Å². The average molecular weight is 199 g/mol. The van der Waals surface area contributed by atoms with E-state index >= 15 is 0 Å². The first-order chi connectivity index (χ1) is 6.07. The Hall–Kier alpha value is -0.970. The van der Waals surface area contributed by atoms with E-state index < -0.39 is 0 Å². The Kier molecular flexibility index (Phi) is 2.98. The molecule has 4 nitrogen and oxygen atoms in total. The van der Waals surface area contributed by atoms with E-state index in [4.69, 9.17) is 0 Å². The number of anilines is 1. The fourth-order valence-corrected chi connectivity index (χ4v) is 1.66. The minimum absolute atomic E-state index is 0.00986. The van der Waals surface area contributed by atoms with Gasteiger partial charge in [0.25, 0.3) is 5.56 Å². The zero-order chi connectivity index (χ0) is 10.0. The number of thioether (sulfide) groups is 1. The van der Waals surface area contributed by atoms with Gasteiger partial charge in [0.1, 0.15) is 10.7 Å². The fraction of sp³-hybridized carbons (Fsp3) is 0.500. The molecule has 0 fully saturated rings. The Balaban J connectivity index is 3.42. The largest absolute Gasteiger partial charge is 0.371 e. The SMILES string of the molecule is CSc1ncn(C)c(=O)c1N(C)C. The first-order valence-corrected chi connectivity index (χ1v) is 5.07. The monoisotopic (exact) mass is 199 g/mol. The number of aromatic nitrogens is 2. The topological polar surface area (TPSA) is 38.1 Å². The van der Waals surface area contributed by atoms with Crippen molar-refractivity contribution in [1.29, 1.82) is 0 Å². The van der Waals surface area contributed by atoms with Crippen LogP contribution in [-0.2, 0) is 7.05 Å². The lowest BCUT2D eigenvalue weighted by molar-refractivity contribution is 0.788.